The van der Waals surface area contributed by atoms with E-state index >= 15 is 0 Å². The molecule has 20 heavy (non-hydrogen) atoms. The fraction of sp³-hybridized carbons (Fsp3) is 0.625. The number of ether oxygens (including phenoxy) is 1. The van der Waals surface area contributed by atoms with Gasteiger partial charge in [-0.05, 0) is 44.6 Å². The van der Waals surface area contributed by atoms with Crippen LogP contribution in [-0.2, 0) is 4.74 Å². The molecule has 2 atom stereocenters. The Hall–Kier alpha value is -0.420. The SMILES string of the molecule is CCN(CCC(NC)c1ccc(Br)cc1)C(C)COC. The Bertz CT molecular complexity index is 369. The smallest absolute Gasteiger partial charge is 0.0615 e. The zero-order chi connectivity index (χ0) is 15.0. The van der Waals surface area contributed by atoms with Crippen LogP contribution in [0.1, 0.15) is 31.9 Å². The van der Waals surface area contributed by atoms with Crippen molar-refractivity contribution in [2.24, 2.45) is 0 Å². The van der Waals surface area contributed by atoms with Gasteiger partial charge in [-0.25, -0.2) is 0 Å². The maximum atomic E-state index is 5.25. The van der Waals surface area contributed by atoms with Crippen LogP contribution in [-0.4, -0.2) is 44.8 Å². The number of likely N-dealkylation sites (N-methyl/N-ethyl adjacent to an activating group) is 1. The number of hydrogen-bond donors (Lipinski definition) is 1. The quantitative estimate of drug-likeness (QED) is 0.743. The van der Waals surface area contributed by atoms with Gasteiger partial charge in [0.25, 0.3) is 0 Å². The van der Waals surface area contributed by atoms with E-state index in [1.54, 1.807) is 7.11 Å². The normalized spacial score (nSPS) is 14.5. The molecule has 1 N–H and O–H groups in total. The maximum absolute atomic E-state index is 5.25. The van der Waals surface area contributed by atoms with E-state index in [0.29, 0.717) is 12.1 Å². The highest BCUT2D eigenvalue weighted by molar-refractivity contribution is 9.10. The zero-order valence-electron chi connectivity index (χ0n) is 13.0. The fourth-order valence-electron chi connectivity index (χ4n) is 2.50. The summed E-state index contributed by atoms with van der Waals surface area (Å²) in [4.78, 5) is 2.46. The van der Waals surface area contributed by atoms with Crippen molar-refractivity contribution in [3.05, 3.63) is 34.3 Å². The minimum Gasteiger partial charge on any atom is -0.383 e. The van der Waals surface area contributed by atoms with Crippen LogP contribution in [0.2, 0.25) is 0 Å². The predicted molar refractivity (Wildman–Crippen MR) is 89.1 cm³/mol. The first kappa shape index (κ1) is 17.6. The molecule has 0 fully saturated rings. The van der Waals surface area contributed by atoms with Crippen LogP contribution in [0.3, 0.4) is 0 Å². The summed E-state index contributed by atoms with van der Waals surface area (Å²) in [6, 6.07) is 9.43. The molecule has 0 heterocycles. The van der Waals surface area contributed by atoms with Gasteiger partial charge in [0.2, 0.25) is 0 Å². The van der Waals surface area contributed by atoms with Crippen molar-refractivity contribution < 1.29 is 4.74 Å². The maximum Gasteiger partial charge on any atom is 0.0615 e. The minimum atomic E-state index is 0.395. The number of halogens is 1. The molecule has 1 rings (SSSR count). The molecule has 0 bridgehead atoms. The van der Waals surface area contributed by atoms with Crippen LogP contribution >= 0.6 is 15.9 Å². The van der Waals surface area contributed by atoms with Gasteiger partial charge in [0, 0.05) is 30.2 Å². The van der Waals surface area contributed by atoms with Gasteiger partial charge in [0.1, 0.15) is 0 Å². The molecule has 0 aromatic heterocycles. The molecule has 0 saturated heterocycles. The Morgan fingerprint density at radius 2 is 1.95 bits per heavy atom. The highest BCUT2D eigenvalue weighted by atomic mass is 79.9. The van der Waals surface area contributed by atoms with Crippen LogP contribution in [0.15, 0.2) is 28.7 Å². The van der Waals surface area contributed by atoms with Crippen molar-refractivity contribution in [1.29, 1.82) is 0 Å². The monoisotopic (exact) mass is 342 g/mol. The Balaban J connectivity index is 2.57. The molecule has 0 amide bonds. The molecular formula is C16H27BrN2O. The first-order valence-electron chi connectivity index (χ1n) is 7.28. The van der Waals surface area contributed by atoms with Crippen molar-refractivity contribution >= 4 is 15.9 Å². The lowest BCUT2D eigenvalue weighted by Crippen LogP contribution is -2.38. The van der Waals surface area contributed by atoms with Crippen LogP contribution in [0.5, 0.6) is 0 Å². The summed E-state index contributed by atoms with van der Waals surface area (Å²) in [7, 11) is 3.80. The summed E-state index contributed by atoms with van der Waals surface area (Å²) >= 11 is 3.48. The first-order chi connectivity index (χ1) is 9.62. The van der Waals surface area contributed by atoms with E-state index < -0.39 is 0 Å². The molecule has 3 nitrogen and oxygen atoms in total. The Labute approximate surface area is 131 Å². The van der Waals surface area contributed by atoms with Gasteiger partial charge in [-0.3, -0.25) is 4.90 Å². The van der Waals surface area contributed by atoms with Gasteiger partial charge in [-0.15, -0.1) is 0 Å². The third-order valence-electron chi connectivity index (χ3n) is 3.76. The van der Waals surface area contributed by atoms with Gasteiger partial charge in [-0.2, -0.15) is 0 Å². The summed E-state index contributed by atoms with van der Waals surface area (Å²) in [6.07, 6.45) is 1.10. The van der Waals surface area contributed by atoms with E-state index in [1.165, 1.54) is 5.56 Å². The lowest BCUT2D eigenvalue weighted by Gasteiger charge is -2.29. The summed E-state index contributed by atoms with van der Waals surface area (Å²) in [5, 5.41) is 3.41. The molecule has 2 unspecified atom stereocenters. The lowest BCUT2D eigenvalue weighted by atomic mass is 10.0. The largest absolute Gasteiger partial charge is 0.383 e. The Morgan fingerprint density at radius 1 is 1.30 bits per heavy atom. The van der Waals surface area contributed by atoms with Gasteiger partial charge in [0.15, 0.2) is 0 Å². The number of methoxy groups -OCH3 is 1. The third-order valence-corrected chi connectivity index (χ3v) is 4.29. The van der Waals surface area contributed by atoms with E-state index in [2.05, 4.69) is 64.3 Å². The standard InChI is InChI=1S/C16H27BrN2O/c1-5-19(13(2)12-20-4)11-10-16(18-3)14-6-8-15(17)9-7-14/h6-9,13,16,18H,5,10-12H2,1-4H3. The summed E-state index contributed by atoms with van der Waals surface area (Å²) in [5.41, 5.74) is 1.34. The van der Waals surface area contributed by atoms with Crippen molar-refractivity contribution in [3.8, 4) is 0 Å². The molecule has 0 saturated carbocycles. The Kier molecular flexibility index (Phi) is 8.38. The van der Waals surface area contributed by atoms with Gasteiger partial charge < -0.3 is 10.1 Å². The highest BCUT2D eigenvalue weighted by Crippen LogP contribution is 2.20. The molecule has 114 valence electrons. The number of benzene rings is 1. The van der Waals surface area contributed by atoms with Crippen LogP contribution in [0, 0.1) is 0 Å². The molecule has 0 aliphatic carbocycles. The second-order valence-corrected chi connectivity index (χ2v) is 6.03. The average molecular weight is 343 g/mol. The number of nitrogens with zero attached hydrogens (tertiary/aromatic N) is 1. The molecular weight excluding hydrogens is 316 g/mol. The minimum absolute atomic E-state index is 0.395. The van der Waals surface area contributed by atoms with Crippen molar-refractivity contribution in [3.63, 3.8) is 0 Å². The van der Waals surface area contributed by atoms with E-state index in [9.17, 15) is 0 Å². The lowest BCUT2D eigenvalue weighted by molar-refractivity contribution is 0.0998. The molecule has 0 aliphatic heterocycles. The molecule has 0 radical (unpaired) electrons. The second-order valence-electron chi connectivity index (χ2n) is 5.11. The van der Waals surface area contributed by atoms with E-state index in [-0.39, 0.29) is 0 Å². The van der Waals surface area contributed by atoms with Crippen LogP contribution < -0.4 is 5.32 Å². The average Bonchev–Trinajstić information content (AvgIpc) is 2.45. The summed E-state index contributed by atoms with van der Waals surface area (Å²) < 4.78 is 6.38. The molecule has 1 aromatic rings. The fourth-order valence-corrected chi connectivity index (χ4v) is 2.77. The van der Waals surface area contributed by atoms with Crippen molar-refractivity contribution in [1.82, 2.24) is 10.2 Å². The summed E-state index contributed by atoms with van der Waals surface area (Å²) in [6.45, 7) is 7.35. The van der Waals surface area contributed by atoms with Gasteiger partial charge in [0.05, 0.1) is 6.61 Å². The van der Waals surface area contributed by atoms with Crippen molar-refractivity contribution in [2.75, 3.05) is 33.9 Å². The number of rotatable bonds is 9. The number of nitrogens with one attached hydrogen (secondary N) is 1. The van der Waals surface area contributed by atoms with Crippen LogP contribution in [0.4, 0.5) is 0 Å². The van der Waals surface area contributed by atoms with Crippen LogP contribution in [0.25, 0.3) is 0 Å². The first-order valence-corrected chi connectivity index (χ1v) is 8.07. The van der Waals surface area contributed by atoms with Gasteiger partial charge in [-0.1, -0.05) is 35.0 Å². The zero-order valence-corrected chi connectivity index (χ0v) is 14.6. The number of hydrogen-bond acceptors (Lipinski definition) is 3. The highest BCUT2D eigenvalue weighted by Gasteiger charge is 2.15. The molecule has 4 heteroatoms. The second kappa shape index (κ2) is 9.50. The van der Waals surface area contributed by atoms with E-state index in [4.69, 9.17) is 4.74 Å². The molecule has 0 spiro atoms. The van der Waals surface area contributed by atoms with Crippen molar-refractivity contribution in [2.45, 2.75) is 32.4 Å². The topological polar surface area (TPSA) is 24.5 Å². The molecule has 0 aliphatic rings. The Morgan fingerprint density at radius 3 is 2.45 bits per heavy atom. The predicted octanol–water partition coefficient (Wildman–Crippen LogP) is 3.46. The molecule has 1 aromatic carbocycles. The van der Waals surface area contributed by atoms with E-state index in [1.807, 2.05) is 7.05 Å². The summed E-state index contributed by atoms with van der Waals surface area (Å²) in [5.74, 6) is 0. The third kappa shape index (κ3) is 5.52. The van der Waals surface area contributed by atoms with Gasteiger partial charge >= 0.3 is 0 Å². The van der Waals surface area contributed by atoms with E-state index in [0.717, 1.165) is 30.6 Å².